The fourth-order valence-electron chi connectivity index (χ4n) is 1.61. The minimum Gasteiger partial charge on any atom is -0.398 e. The molecule has 0 atom stereocenters. The Kier molecular flexibility index (Phi) is 3.26. The van der Waals surface area contributed by atoms with Crippen LogP contribution in [-0.2, 0) is 11.3 Å². The van der Waals surface area contributed by atoms with Crippen molar-refractivity contribution < 1.29 is 13.5 Å². The summed E-state index contributed by atoms with van der Waals surface area (Å²) in [6, 6.07) is 2.50. The normalized spacial score (nSPS) is 11.1. The molecular formula is C11H9BrF2N2O. The van der Waals surface area contributed by atoms with Crippen LogP contribution in [0.2, 0.25) is 0 Å². The lowest BCUT2D eigenvalue weighted by Gasteiger charge is -2.08. The first-order chi connectivity index (χ1) is 8.04. The van der Waals surface area contributed by atoms with Gasteiger partial charge in [0.15, 0.2) is 5.82 Å². The Morgan fingerprint density at radius 3 is 2.76 bits per heavy atom. The van der Waals surface area contributed by atoms with Crippen molar-refractivity contribution in [1.29, 1.82) is 0 Å². The van der Waals surface area contributed by atoms with Crippen molar-refractivity contribution in [2.75, 3.05) is 12.8 Å². The predicted octanol–water partition coefficient (Wildman–Crippen LogP) is 3.00. The fraction of sp³-hybridized carbons (Fsp3) is 0.182. The molecule has 2 N–H and O–H groups in total. The molecule has 2 aromatic rings. The van der Waals surface area contributed by atoms with E-state index >= 15 is 0 Å². The maximum atomic E-state index is 13.8. The Hall–Kier alpha value is -1.27. The Bertz CT molecular complexity index is 589. The van der Waals surface area contributed by atoms with Gasteiger partial charge in [-0.3, -0.25) is 0 Å². The minimum absolute atomic E-state index is 0.0169. The lowest BCUT2D eigenvalue weighted by molar-refractivity contribution is 0.182. The SMILES string of the molecule is COCc1cc(N)c2c(F)c(Br)cc(F)c2n1. The first kappa shape index (κ1) is 12.2. The van der Waals surface area contributed by atoms with Gasteiger partial charge < -0.3 is 10.5 Å². The Labute approximate surface area is 105 Å². The van der Waals surface area contributed by atoms with Crippen LogP contribution in [0.3, 0.4) is 0 Å². The number of benzene rings is 1. The van der Waals surface area contributed by atoms with Crippen LogP contribution in [-0.4, -0.2) is 12.1 Å². The minimum atomic E-state index is -0.627. The van der Waals surface area contributed by atoms with Gasteiger partial charge in [-0.05, 0) is 28.1 Å². The molecule has 1 aromatic heterocycles. The number of rotatable bonds is 2. The summed E-state index contributed by atoms with van der Waals surface area (Å²) in [6.45, 7) is 0.192. The molecule has 0 bridgehead atoms. The number of ether oxygens (including phenoxy) is 1. The second kappa shape index (κ2) is 4.54. The molecule has 2 rings (SSSR count). The van der Waals surface area contributed by atoms with Crippen molar-refractivity contribution >= 4 is 32.5 Å². The molecule has 17 heavy (non-hydrogen) atoms. The summed E-state index contributed by atoms with van der Waals surface area (Å²) >= 11 is 2.93. The Morgan fingerprint density at radius 1 is 1.41 bits per heavy atom. The number of nitrogens with zero attached hydrogens (tertiary/aromatic N) is 1. The molecule has 0 saturated carbocycles. The number of nitrogen functional groups attached to an aromatic ring is 1. The Balaban J connectivity index is 2.81. The molecule has 6 heteroatoms. The summed E-state index contributed by atoms with van der Waals surface area (Å²) in [5.74, 6) is -1.24. The average Bonchev–Trinajstić information content (AvgIpc) is 2.26. The molecule has 0 unspecified atom stereocenters. The van der Waals surface area contributed by atoms with Crippen LogP contribution in [0.15, 0.2) is 16.6 Å². The van der Waals surface area contributed by atoms with Crippen LogP contribution in [0.1, 0.15) is 5.69 Å². The molecule has 1 aromatic carbocycles. The standard InChI is InChI=1S/C11H9BrF2N2O/c1-17-4-5-2-8(15)9-10(14)6(12)3-7(13)11(9)16-5/h2-3H,4H2,1H3,(H2,15,16). The highest BCUT2D eigenvalue weighted by molar-refractivity contribution is 9.10. The van der Waals surface area contributed by atoms with Gasteiger partial charge in [0.2, 0.25) is 0 Å². The van der Waals surface area contributed by atoms with Gasteiger partial charge >= 0.3 is 0 Å². The van der Waals surface area contributed by atoms with Crippen molar-refractivity contribution in [3.63, 3.8) is 0 Å². The quantitative estimate of drug-likeness (QED) is 0.868. The lowest BCUT2D eigenvalue weighted by Crippen LogP contribution is -2.01. The van der Waals surface area contributed by atoms with Gasteiger partial charge in [0.05, 0.1) is 22.2 Å². The first-order valence-electron chi connectivity index (χ1n) is 4.76. The molecule has 0 aliphatic heterocycles. The monoisotopic (exact) mass is 302 g/mol. The number of aromatic nitrogens is 1. The van der Waals surface area contributed by atoms with E-state index in [0.717, 1.165) is 6.07 Å². The second-order valence-corrected chi connectivity index (χ2v) is 4.37. The molecule has 0 radical (unpaired) electrons. The highest BCUT2D eigenvalue weighted by Crippen LogP contribution is 2.31. The van der Waals surface area contributed by atoms with Gasteiger partial charge in [0.1, 0.15) is 11.3 Å². The zero-order valence-electron chi connectivity index (χ0n) is 8.93. The zero-order valence-corrected chi connectivity index (χ0v) is 10.5. The number of halogens is 3. The van der Waals surface area contributed by atoms with E-state index in [0.29, 0.717) is 5.69 Å². The molecule has 0 fully saturated rings. The molecule has 0 saturated heterocycles. The highest BCUT2D eigenvalue weighted by atomic mass is 79.9. The largest absolute Gasteiger partial charge is 0.398 e. The lowest BCUT2D eigenvalue weighted by atomic mass is 10.1. The van der Waals surface area contributed by atoms with E-state index in [1.54, 1.807) is 0 Å². The van der Waals surface area contributed by atoms with Crippen molar-refractivity contribution in [3.8, 4) is 0 Å². The van der Waals surface area contributed by atoms with E-state index < -0.39 is 11.6 Å². The molecular weight excluding hydrogens is 294 g/mol. The number of anilines is 1. The van der Waals surface area contributed by atoms with Crippen molar-refractivity contribution in [2.45, 2.75) is 6.61 Å². The summed E-state index contributed by atoms with van der Waals surface area (Å²) < 4.78 is 32.4. The third-order valence-electron chi connectivity index (χ3n) is 2.30. The second-order valence-electron chi connectivity index (χ2n) is 3.51. The molecule has 0 spiro atoms. The third kappa shape index (κ3) is 2.10. The van der Waals surface area contributed by atoms with Crippen LogP contribution in [0, 0.1) is 11.6 Å². The van der Waals surface area contributed by atoms with Gasteiger partial charge in [-0.15, -0.1) is 0 Å². The number of pyridine rings is 1. The van der Waals surface area contributed by atoms with E-state index in [9.17, 15) is 8.78 Å². The highest BCUT2D eigenvalue weighted by Gasteiger charge is 2.15. The fourth-order valence-corrected chi connectivity index (χ4v) is 2.01. The molecule has 1 heterocycles. The van der Waals surface area contributed by atoms with E-state index in [1.807, 2.05) is 0 Å². The number of methoxy groups -OCH3 is 1. The van der Waals surface area contributed by atoms with E-state index in [1.165, 1.54) is 13.2 Å². The predicted molar refractivity (Wildman–Crippen MR) is 64.5 cm³/mol. The maximum absolute atomic E-state index is 13.8. The van der Waals surface area contributed by atoms with Crippen molar-refractivity contribution in [3.05, 3.63) is 33.9 Å². The van der Waals surface area contributed by atoms with Crippen LogP contribution < -0.4 is 5.73 Å². The first-order valence-corrected chi connectivity index (χ1v) is 5.55. The number of hydrogen-bond donors (Lipinski definition) is 1. The summed E-state index contributed by atoms with van der Waals surface area (Å²) in [5, 5.41) is -0.0169. The number of fused-ring (bicyclic) bond motifs is 1. The van der Waals surface area contributed by atoms with Gasteiger partial charge in [-0.2, -0.15) is 0 Å². The van der Waals surface area contributed by atoms with Crippen LogP contribution in [0.4, 0.5) is 14.5 Å². The van der Waals surface area contributed by atoms with Crippen molar-refractivity contribution in [1.82, 2.24) is 4.98 Å². The van der Waals surface area contributed by atoms with Gasteiger partial charge in [-0.1, -0.05) is 0 Å². The summed E-state index contributed by atoms with van der Waals surface area (Å²) in [7, 11) is 1.49. The maximum Gasteiger partial charge on any atom is 0.150 e. The Morgan fingerprint density at radius 2 is 2.12 bits per heavy atom. The molecule has 3 nitrogen and oxygen atoms in total. The molecule has 0 aliphatic rings. The van der Waals surface area contributed by atoms with Gasteiger partial charge in [0, 0.05) is 12.8 Å². The van der Waals surface area contributed by atoms with E-state index in [2.05, 4.69) is 20.9 Å². The van der Waals surface area contributed by atoms with E-state index in [4.69, 9.17) is 10.5 Å². The summed E-state index contributed by atoms with van der Waals surface area (Å²) in [5.41, 5.74) is 6.21. The summed E-state index contributed by atoms with van der Waals surface area (Å²) in [4.78, 5) is 3.99. The number of nitrogens with two attached hydrogens (primary N) is 1. The van der Waals surface area contributed by atoms with Crippen LogP contribution in [0.25, 0.3) is 10.9 Å². The molecule has 0 amide bonds. The summed E-state index contributed by atoms with van der Waals surface area (Å²) in [6.07, 6.45) is 0. The van der Waals surface area contributed by atoms with Gasteiger partial charge in [-0.25, -0.2) is 13.8 Å². The van der Waals surface area contributed by atoms with Gasteiger partial charge in [0.25, 0.3) is 0 Å². The third-order valence-corrected chi connectivity index (χ3v) is 2.88. The van der Waals surface area contributed by atoms with E-state index in [-0.39, 0.29) is 27.7 Å². The average molecular weight is 303 g/mol. The molecule has 90 valence electrons. The van der Waals surface area contributed by atoms with Crippen LogP contribution in [0.5, 0.6) is 0 Å². The zero-order chi connectivity index (χ0) is 12.6. The van der Waals surface area contributed by atoms with Crippen LogP contribution >= 0.6 is 15.9 Å². The molecule has 0 aliphatic carbocycles. The number of hydrogen-bond acceptors (Lipinski definition) is 3. The van der Waals surface area contributed by atoms with Crippen molar-refractivity contribution in [2.24, 2.45) is 0 Å². The smallest absolute Gasteiger partial charge is 0.150 e. The topological polar surface area (TPSA) is 48.1 Å².